The monoisotopic (exact) mass is 240 g/mol. The molecule has 0 aromatic carbocycles. The lowest BCUT2D eigenvalue weighted by atomic mass is 10.3. The van der Waals surface area contributed by atoms with Crippen molar-refractivity contribution in [3.05, 3.63) is 12.0 Å². The third kappa shape index (κ3) is 2.58. The van der Waals surface area contributed by atoms with Gasteiger partial charge in [-0.3, -0.25) is 0 Å². The predicted octanol–water partition coefficient (Wildman–Crippen LogP) is 1.08. The number of carbonyl (C=O) groups excluding carboxylic acids is 1. The van der Waals surface area contributed by atoms with Crippen LogP contribution < -0.4 is 4.90 Å². The van der Waals surface area contributed by atoms with Gasteiger partial charge in [0, 0.05) is 6.54 Å². The molecule has 1 atom stereocenters. The first-order chi connectivity index (χ1) is 8.22. The van der Waals surface area contributed by atoms with Gasteiger partial charge in [-0.25, -0.2) is 4.79 Å². The van der Waals surface area contributed by atoms with Crippen LogP contribution in [0.4, 0.5) is 6.01 Å². The minimum atomic E-state index is -0.455. The Morgan fingerprint density at radius 2 is 2.53 bits per heavy atom. The Hall–Kier alpha value is -1.56. The summed E-state index contributed by atoms with van der Waals surface area (Å²) in [5.41, 5.74) is 0.209. The maximum Gasteiger partial charge on any atom is 0.360 e. The summed E-state index contributed by atoms with van der Waals surface area (Å²) in [5.74, 6) is -0.455. The number of morpholine rings is 1. The molecule has 0 spiro atoms. The summed E-state index contributed by atoms with van der Waals surface area (Å²) in [5, 5.41) is 0. The molecule has 2 heterocycles. The first kappa shape index (κ1) is 11.9. The van der Waals surface area contributed by atoms with E-state index in [1.807, 2.05) is 11.8 Å². The second-order valence-corrected chi connectivity index (χ2v) is 3.85. The van der Waals surface area contributed by atoms with Gasteiger partial charge in [-0.05, 0) is 13.8 Å². The van der Waals surface area contributed by atoms with E-state index < -0.39 is 5.97 Å². The molecule has 0 aliphatic carbocycles. The highest BCUT2D eigenvalue weighted by atomic mass is 16.5. The third-order valence-corrected chi connectivity index (χ3v) is 2.59. The van der Waals surface area contributed by atoms with E-state index in [9.17, 15) is 4.79 Å². The van der Waals surface area contributed by atoms with Crippen LogP contribution in [0.3, 0.4) is 0 Å². The Morgan fingerprint density at radius 1 is 1.71 bits per heavy atom. The largest absolute Gasteiger partial charge is 0.461 e. The number of hydrogen-bond donors (Lipinski definition) is 0. The van der Waals surface area contributed by atoms with Crippen molar-refractivity contribution in [3.8, 4) is 0 Å². The van der Waals surface area contributed by atoms with Crippen molar-refractivity contribution in [2.24, 2.45) is 0 Å². The van der Waals surface area contributed by atoms with Gasteiger partial charge in [-0.2, -0.15) is 4.98 Å². The van der Waals surface area contributed by atoms with Gasteiger partial charge >= 0.3 is 5.97 Å². The zero-order chi connectivity index (χ0) is 12.3. The molecule has 0 radical (unpaired) electrons. The van der Waals surface area contributed by atoms with Crippen LogP contribution in [-0.2, 0) is 9.47 Å². The quantitative estimate of drug-likeness (QED) is 0.736. The molecular formula is C11H16N2O4. The minimum Gasteiger partial charge on any atom is -0.461 e. The molecule has 94 valence electrons. The van der Waals surface area contributed by atoms with Crippen molar-refractivity contribution < 1.29 is 18.7 Å². The zero-order valence-corrected chi connectivity index (χ0v) is 10.0. The van der Waals surface area contributed by atoms with Gasteiger partial charge in [0.15, 0.2) is 5.69 Å². The van der Waals surface area contributed by atoms with E-state index in [1.165, 1.54) is 6.26 Å². The molecule has 2 rings (SSSR count). The molecule has 0 amide bonds. The molecule has 0 N–H and O–H groups in total. The lowest BCUT2D eigenvalue weighted by molar-refractivity contribution is 0.0519. The number of ether oxygens (including phenoxy) is 2. The average Bonchev–Trinajstić information content (AvgIpc) is 2.79. The fourth-order valence-corrected chi connectivity index (χ4v) is 1.71. The lowest BCUT2D eigenvalue weighted by Crippen LogP contribution is -2.43. The van der Waals surface area contributed by atoms with Crippen molar-refractivity contribution in [1.29, 1.82) is 0 Å². The van der Waals surface area contributed by atoms with Gasteiger partial charge < -0.3 is 18.8 Å². The van der Waals surface area contributed by atoms with E-state index in [1.54, 1.807) is 6.92 Å². The fraction of sp³-hybridized carbons (Fsp3) is 0.636. The SMILES string of the molecule is CCOC(=O)c1coc(N2CCOCC2C)n1. The Bertz CT molecular complexity index is 391. The Balaban J connectivity index is 2.09. The summed E-state index contributed by atoms with van der Waals surface area (Å²) in [7, 11) is 0. The maximum atomic E-state index is 11.4. The molecule has 0 bridgehead atoms. The van der Waals surface area contributed by atoms with E-state index in [-0.39, 0.29) is 11.7 Å². The first-order valence-corrected chi connectivity index (χ1v) is 5.69. The molecule has 1 aromatic heterocycles. The highest BCUT2D eigenvalue weighted by molar-refractivity contribution is 5.87. The molecule has 1 aliphatic heterocycles. The van der Waals surface area contributed by atoms with E-state index in [0.29, 0.717) is 32.4 Å². The summed E-state index contributed by atoms with van der Waals surface area (Å²) in [6.45, 7) is 6.09. The molecule has 6 heteroatoms. The van der Waals surface area contributed by atoms with Crippen molar-refractivity contribution in [2.45, 2.75) is 19.9 Å². The number of hydrogen-bond acceptors (Lipinski definition) is 6. The minimum absolute atomic E-state index is 0.192. The van der Waals surface area contributed by atoms with Crippen molar-refractivity contribution in [3.63, 3.8) is 0 Å². The summed E-state index contributed by atoms with van der Waals surface area (Å²) < 4.78 is 15.5. The van der Waals surface area contributed by atoms with Crippen LogP contribution in [0.25, 0.3) is 0 Å². The van der Waals surface area contributed by atoms with Crippen LogP contribution in [0.5, 0.6) is 0 Å². The molecule has 0 saturated carbocycles. The van der Waals surface area contributed by atoms with E-state index in [4.69, 9.17) is 13.9 Å². The predicted molar refractivity (Wildman–Crippen MR) is 60.1 cm³/mol. The molecule has 6 nitrogen and oxygen atoms in total. The first-order valence-electron chi connectivity index (χ1n) is 5.69. The van der Waals surface area contributed by atoms with Gasteiger partial charge in [-0.1, -0.05) is 0 Å². The summed E-state index contributed by atoms with van der Waals surface area (Å²) in [4.78, 5) is 17.5. The molecule has 1 aromatic rings. The van der Waals surface area contributed by atoms with Crippen LogP contribution in [0.1, 0.15) is 24.3 Å². The number of aromatic nitrogens is 1. The maximum absolute atomic E-state index is 11.4. The van der Waals surface area contributed by atoms with Gasteiger partial charge in [0.05, 0.1) is 25.9 Å². The normalized spacial score (nSPS) is 20.4. The lowest BCUT2D eigenvalue weighted by Gasteiger charge is -2.31. The van der Waals surface area contributed by atoms with E-state index in [2.05, 4.69) is 4.98 Å². The average molecular weight is 240 g/mol. The number of esters is 1. The number of carbonyl (C=O) groups is 1. The molecule has 1 aliphatic rings. The molecular weight excluding hydrogens is 224 g/mol. The molecule has 17 heavy (non-hydrogen) atoms. The Labute approximate surface area is 99.5 Å². The number of oxazole rings is 1. The van der Waals surface area contributed by atoms with Gasteiger partial charge in [-0.15, -0.1) is 0 Å². The second kappa shape index (κ2) is 5.18. The number of rotatable bonds is 3. The summed E-state index contributed by atoms with van der Waals surface area (Å²) >= 11 is 0. The van der Waals surface area contributed by atoms with Gasteiger partial charge in [0.2, 0.25) is 0 Å². The smallest absolute Gasteiger partial charge is 0.360 e. The molecule has 1 fully saturated rings. The molecule has 1 saturated heterocycles. The van der Waals surface area contributed by atoms with Crippen molar-refractivity contribution in [1.82, 2.24) is 4.98 Å². The van der Waals surface area contributed by atoms with Crippen LogP contribution >= 0.6 is 0 Å². The number of anilines is 1. The summed E-state index contributed by atoms with van der Waals surface area (Å²) in [6, 6.07) is 0.640. The van der Waals surface area contributed by atoms with Crippen molar-refractivity contribution in [2.75, 3.05) is 31.3 Å². The van der Waals surface area contributed by atoms with Crippen LogP contribution in [-0.4, -0.2) is 43.4 Å². The Morgan fingerprint density at radius 3 is 3.24 bits per heavy atom. The zero-order valence-electron chi connectivity index (χ0n) is 10.0. The molecule has 1 unspecified atom stereocenters. The van der Waals surface area contributed by atoms with Crippen molar-refractivity contribution >= 4 is 12.0 Å². The summed E-state index contributed by atoms with van der Waals surface area (Å²) in [6.07, 6.45) is 1.33. The van der Waals surface area contributed by atoms with Crippen LogP contribution in [0.15, 0.2) is 10.7 Å². The van der Waals surface area contributed by atoms with Crippen LogP contribution in [0, 0.1) is 0 Å². The topological polar surface area (TPSA) is 64.8 Å². The van der Waals surface area contributed by atoms with Crippen LogP contribution in [0.2, 0.25) is 0 Å². The Kier molecular flexibility index (Phi) is 3.63. The van der Waals surface area contributed by atoms with E-state index >= 15 is 0 Å². The second-order valence-electron chi connectivity index (χ2n) is 3.85. The number of nitrogens with zero attached hydrogens (tertiary/aromatic N) is 2. The fourth-order valence-electron chi connectivity index (χ4n) is 1.71. The van der Waals surface area contributed by atoms with E-state index in [0.717, 1.165) is 0 Å². The highest BCUT2D eigenvalue weighted by Crippen LogP contribution is 2.19. The highest BCUT2D eigenvalue weighted by Gasteiger charge is 2.24. The van der Waals surface area contributed by atoms with Gasteiger partial charge in [0.1, 0.15) is 6.26 Å². The van der Waals surface area contributed by atoms with Gasteiger partial charge in [0.25, 0.3) is 6.01 Å². The third-order valence-electron chi connectivity index (χ3n) is 2.59. The standard InChI is InChI=1S/C11H16N2O4/c1-3-16-10(14)9-7-17-11(12-9)13-4-5-15-6-8(13)2/h7-8H,3-6H2,1-2H3.